The number of nitrogens with zero attached hydrogens (tertiary/aromatic N) is 3. The van der Waals surface area contributed by atoms with Crippen LogP contribution in [0.1, 0.15) is 72.1 Å². The van der Waals surface area contributed by atoms with Crippen LogP contribution in [0.5, 0.6) is 0 Å². The SMILES string of the molecule is COC1CC(OC(=O)Nc2cc3cc(-c4cnc5c(c4C)N(C(=O)OC(C)(C)C)CCC5)c(F)c(NC(=O)OC(C)(C)C)c3cn2)C1. The van der Waals surface area contributed by atoms with Gasteiger partial charge in [0.15, 0.2) is 5.82 Å². The van der Waals surface area contributed by atoms with E-state index in [1.807, 2.05) is 0 Å². The van der Waals surface area contributed by atoms with Crippen molar-refractivity contribution in [2.45, 2.75) is 97.6 Å². The van der Waals surface area contributed by atoms with Crippen molar-refractivity contribution in [3.05, 3.63) is 41.6 Å². The Morgan fingerprint density at radius 3 is 2.28 bits per heavy atom. The molecule has 1 aliphatic heterocycles. The van der Waals surface area contributed by atoms with Crippen LogP contribution in [0.15, 0.2) is 24.5 Å². The van der Waals surface area contributed by atoms with E-state index in [1.54, 1.807) is 78.8 Å². The number of hydrogen-bond donors (Lipinski definition) is 2. The first-order valence-corrected chi connectivity index (χ1v) is 15.6. The van der Waals surface area contributed by atoms with Gasteiger partial charge in [-0.15, -0.1) is 0 Å². The highest BCUT2D eigenvalue weighted by Crippen LogP contribution is 2.41. The third-order valence-corrected chi connectivity index (χ3v) is 7.83. The van der Waals surface area contributed by atoms with Gasteiger partial charge in [0.25, 0.3) is 0 Å². The molecule has 3 amide bonds. The Hall–Kier alpha value is -4.52. The summed E-state index contributed by atoms with van der Waals surface area (Å²) in [6.45, 7) is 12.7. The van der Waals surface area contributed by atoms with Gasteiger partial charge in [-0.05, 0) is 84.4 Å². The monoisotopic (exact) mass is 651 g/mol. The van der Waals surface area contributed by atoms with Crippen molar-refractivity contribution in [3.8, 4) is 11.1 Å². The van der Waals surface area contributed by atoms with E-state index in [0.29, 0.717) is 60.1 Å². The fraction of sp³-hybridized carbons (Fsp3) is 0.500. The van der Waals surface area contributed by atoms with Gasteiger partial charge >= 0.3 is 18.3 Å². The summed E-state index contributed by atoms with van der Waals surface area (Å²) in [5.74, 6) is -0.574. The van der Waals surface area contributed by atoms with Gasteiger partial charge in [-0.1, -0.05) is 0 Å². The normalized spacial score (nSPS) is 17.8. The minimum absolute atomic E-state index is 0.0635. The molecule has 3 aromatic rings. The Kier molecular flexibility index (Phi) is 9.31. The summed E-state index contributed by atoms with van der Waals surface area (Å²) in [4.78, 5) is 49.2. The largest absolute Gasteiger partial charge is 0.446 e. The maximum atomic E-state index is 16.6. The van der Waals surface area contributed by atoms with Crippen LogP contribution in [-0.2, 0) is 25.4 Å². The predicted molar refractivity (Wildman–Crippen MR) is 175 cm³/mol. The molecule has 2 aromatic heterocycles. The zero-order valence-corrected chi connectivity index (χ0v) is 28.1. The summed E-state index contributed by atoms with van der Waals surface area (Å²) in [5, 5.41) is 5.93. The molecule has 47 heavy (non-hydrogen) atoms. The highest BCUT2D eigenvalue weighted by atomic mass is 19.1. The van der Waals surface area contributed by atoms with Crippen LogP contribution < -0.4 is 15.5 Å². The Morgan fingerprint density at radius 2 is 1.62 bits per heavy atom. The number of ether oxygens (including phenoxy) is 4. The van der Waals surface area contributed by atoms with E-state index >= 15 is 4.39 Å². The molecule has 0 atom stereocenters. The quantitative estimate of drug-likeness (QED) is 0.268. The first-order valence-electron chi connectivity index (χ1n) is 15.6. The van der Waals surface area contributed by atoms with E-state index in [0.717, 1.165) is 0 Å². The molecule has 0 bridgehead atoms. The molecule has 13 heteroatoms. The lowest BCUT2D eigenvalue weighted by molar-refractivity contribution is -0.0532. The maximum absolute atomic E-state index is 16.6. The summed E-state index contributed by atoms with van der Waals surface area (Å²) >= 11 is 0. The molecule has 0 saturated heterocycles. The number of aromatic nitrogens is 2. The third kappa shape index (κ3) is 7.73. The van der Waals surface area contributed by atoms with Crippen LogP contribution in [0.4, 0.5) is 36.0 Å². The number of aryl methyl sites for hydroxylation is 1. The lowest BCUT2D eigenvalue weighted by Gasteiger charge is -2.33. The van der Waals surface area contributed by atoms with Crippen molar-refractivity contribution in [2.24, 2.45) is 0 Å². The number of carbonyl (C=O) groups is 3. The van der Waals surface area contributed by atoms with Crippen molar-refractivity contribution >= 4 is 46.2 Å². The van der Waals surface area contributed by atoms with E-state index in [1.165, 1.54) is 6.20 Å². The first-order chi connectivity index (χ1) is 22.0. The molecular formula is C34H42FN5O7. The van der Waals surface area contributed by atoms with Gasteiger partial charge in [-0.3, -0.25) is 20.5 Å². The number of amides is 3. The standard InChI is InChI=1S/C34H42FN5O7/c1-18-23(16-36-25-10-9-11-40(29(18)25)32(43)47-34(5,6)7)22-12-19-13-26(38-30(41)45-21-14-20(15-21)44-8)37-17-24(19)28(27(22)35)39-31(42)46-33(2,3)4/h12-13,16-17,20-21H,9-11,14-15H2,1-8H3,(H,39,42)(H,37,38,41). The Bertz CT molecular complexity index is 1710. The summed E-state index contributed by atoms with van der Waals surface area (Å²) in [5.41, 5.74) is 0.709. The zero-order valence-electron chi connectivity index (χ0n) is 28.1. The summed E-state index contributed by atoms with van der Waals surface area (Å²) in [6, 6.07) is 3.15. The van der Waals surface area contributed by atoms with Gasteiger partial charge < -0.3 is 18.9 Å². The van der Waals surface area contributed by atoms with Crippen molar-refractivity contribution < 1.29 is 37.7 Å². The van der Waals surface area contributed by atoms with Crippen LogP contribution in [0.25, 0.3) is 21.9 Å². The maximum Gasteiger partial charge on any atom is 0.414 e. The van der Waals surface area contributed by atoms with E-state index in [-0.39, 0.29) is 34.7 Å². The van der Waals surface area contributed by atoms with Crippen molar-refractivity contribution in [3.63, 3.8) is 0 Å². The number of pyridine rings is 2. The van der Waals surface area contributed by atoms with E-state index < -0.39 is 35.3 Å². The van der Waals surface area contributed by atoms with Crippen LogP contribution in [0.3, 0.4) is 0 Å². The third-order valence-electron chi connectivity index (χ3n) is 7.83. The second kappa shape index (κ2) is 12.9. The number of carbonyl (C=O) groups excluding carboxylic acids is 3. The second-order valence-corrected chi connectivity index (χ2v) is 13.8. The lowest BCUT2D eigenvalue weighted by atomic mass is 9.92. The fourth-order valence-electron chi connectivity index (χ4n) is 5.63. The van der Waals surface area contributed by atoms with Crippen LogP contribution in [0.2, 0.25) is 0 Å². The van der Waals surface area contributed by atoms with Gasteiger partial charge in [0, 0.05) is 55.4 Å². The number of benzene rings is 1. The number of halogens is 1. The molecule has 1 aromatic carbocycles. The van der Waals surface area contributed by atoms with E-state index in [9.17, 15) is 14.4 Å². The average molecular weight is 652 g/mol. The molecule has 1 fully saturated rings. The molecule has 1 saturated carbocycles. The molecule has 1 aliphatic carbocycles. The van der Waals surface area contributed by atoms with Gasteiger partial charge in [0.1, 0.15) is 23.1 Å². The Labute approximate surface area is 273 Å². The van der Waals surface area contributed by atoms with Gasteiger partial charge in [0.2, 0.25) is 0 Å². The first kappa shape index (κ1) is 33.8. The highest BCUT2D eigenvalue weighted by molar-refractivity contribution is 6.04. The fourth-order valence-corrected chi connectivity index (χ4v) is 5.63. The zero-order chi connectivity index (χ0) is 34.3. The average Bonchev–Trinajstić information content (AvgIpc) is 2.94. The van der Waals surface area contributed by atoms with E-state index in [4.69, 9.17) is 18.9 Å². The Morgan fingerprint density at radius 1 is 0.915 bits per heavy atom. The molecule has 0 unspecified atom stereocenters. The summed E-state index contributed by atoms with van der Waals surface area (Å²) in [6.07, 6.45) is 3.24. The van der Waals surface area contributed by atoms with Gasteiger partial charge in [0.05, 0.1) is 23.2 Å². The van der Waals surface area contributed by atoms with E-state index in [2.05, 4.69) is 20.6 Å². The number of nitrogens with one attached hydrogen (secondary N) is 2. The number of anilines is 3. The molecule has 3 heterocycles. The Balaban J connectivity index is 1.57. The van der Waals surface area contributed by atoms with Crippen LogP contribution in [-0.4, -0.2) is 65.3 Å². The molecule has 2 aliphatic rings. The molecular weight excluding hydrogens is 609 g/mol. The van der Waals surface area contributed by atoms with Crippen molar-refractivity contribution in [1.29, 1.82) is 0 Å². The number of methoxy groups -OCH3 is 1. The van der Waals surface area contributed by atoms with Gasteiger partial charge in [-0.25, -0.2) is 23.8 Å². The summed E-state index contributed by atoms with van der Waals surface area (Å²) in [7, 11) is 1.61. The van der Waals surface area contributed by atoms with Gasteiger partial charge in [-0.2, -0.15) is 0 Å². The molecule has 0 spiro atoms. The van der Waals surface area contributed by atoms with Crippen LogP contribution in [0, 0.1) is 12.7 Å². The number of fused-ring (bicyclic) bond motifs is 2. The highest BCUT2D eigenvalue weighted by Gasteiger charge is 2.33. The minimum atomic E-state index is -0.855. The lowest BCUT2D eigenvalue weighted by Crippen LogP contribution is -2.40. The molecule has 5 rings (SSSR count). The van der Waals surface area contributed by atoms with Crippen molar-refractivity contribution in [2.75, 3.05) is 29.2 Å². The predicted octanol–water partition coefficient (Wildman–Crippen LogP) is 7.50. The minimum Gasteiger partial charge on any atom is -0.446 e. The topological polar surface area (TPSA) is 141 Å². The molecule has 2 N–H and O–H groups in total. The van der Waals surface area contributed by atoms with Crippen LogP contribution >= 0.6 is 0 Å². The summed E-state index contributed by atoms with van der Waals surface area (Å²) < 4.78 is 38.4. The molecule has 12 nitrogen and oxygen atoms in total. The number of rotatable bonds is 5. The molecule has 252 valence electrons. The second-order valence-electron chi connectivity index (χ2n) is 13.8. The smallest absolute Gasteiger partial charge is 0.414 e. The number of hydrogen-bond acceptors (Lipinski definition) is 9. The van der Waals surface area contributed by atoms with Crippen molar-refractivity contribution in [1.82, 2.24) is 9.97 Å². The molecule has 0 radical (unpaired) electrons.